The Morgan fingerprint density at radius 1 is 0.744 bits per heavy atom. The molecule has 2 aromatic rings. The summed E-state index contributed by atoms with van der Waals surface area (Å²) in [5.41, 5.74) is 3.84. The minimum Gasteiger partial charge on any atom is -0.415 e. The molecule has 1 N–H and O–H groups in total. The first-order chi connectivity index (χ1) is 19.5. The number of halogens is 1. The van der Waals surface area contributed by atoms with Crippen LogP contribution in [0.15, 0.2) is 42.5 Å². The third-order valence-corrected chi connectivity index (χ3v) is 11.1. The van der Waals surface area contributed by atoms with Crippen molar-refractivity contribution in [1.82, 2.24) is 0 Å². The van der Waals surface area contributed by atoms with Gasteiger partial charge in [-0.3, -0.25) is 0 Å². The number of hydrogen-bond donors (Lipinski definition) is 1. The maximum Gasteiger partial charge on any atom is 0.221 e. The number of benzene rings is 2. The summed E-state index contributed by atoms with van der Waals surface area (Å²) >= 11 is 6.75. The van der Waals surface area contributed by atoms with Crippen LogP contribution in [0.2, 0.25) is 83.6 Å². The first kappa shape index (κ1) is 36.8. The average molecular weight is 684 g/mol. The Morgan fingerprint density at radius 2 is 1.28 bits per heavy atom. The van der Waals surface area contributed by atoms with Gasteiger partial charge in [0, 0.05) is 10.6 Å². The van der Waals surface area contributed by atoms with Gasteiger partial charge in [-0.25, -0.2) is 0 Å². The van der Waals surface area contributed by atoms with Gasteiger partial charge in [0.15, 0.2) is 33.3 Å². The zero-order valence-corrected chi connectivity index (χ0v) is 33.4. The highest BCUT2D eigenvalue weighted by Gasteiger charge is 2.59. The maximum atomic E-state index is 12.8. The van der Waals surface area contributed by atoms with E-state index in [2.05, 4.69) is 110 Å². The molecule has 1 aliphatic heterocycles. The lowest BCUT2D eigenvalue weighted by atomic mass is 9.87. The van der Waals surface area contributed by atoms with E-state index in [1.165, 1.54) is 5.56 Å². The number of ether oxygens (including phenoxy) is 1. The Labute approximate surface area is 269 Å². The second-order valence-electron chi connectivity index (χ2n) is 15.8. The summed E-state index contributed by atoms with van der Waals surface area (Å²) in [6.45, 7) is 28.2. The van der Waals surface area contributed by atoms with E-state index < -0.39 is 63.5 Å². The van der Waals surface area contributed by atoms with Gasteiger partial charge in [0.05, 0.1) is 6.61 Å². The van der Waals surface area contributed by atoms with Gasteiger partial charge in [-0.1, -0.05) is 47.5 Å². The van der Waals surface area contributed by atoms with Crippen LogP contribution in [0, 0.1) is 6.92 Å². The van der Waals surface area contributed by atoms with Gasteiger partial charge in [0.2, 0.25) is 5.79 Å². The monoisotopic (exact) mass is 682 g/mol. The summed E-state index contributed by atoms with van der Waals surface area (Å²) in [5.74, 6) is -1.82. The zero-order valence-electron chi connectivity index (χ0n) is 28.6. The fraction of sp³-hybridized carbons (Fsp3) is 0.625. The Hall–Kier alpha value is -0.642. The Morgan fingerprint density at radius 3 is 1.79 bits per heavy atom. The van der Waals surface area contributed by atoms with Gasteiger partial charge in [-0.05, 0) is 115 Å². The smallest absolute Gasteiger partial charge is 0.221 e. The molecule has 1 unspecified atom stereocenters. The Bertz CT molecular complexity index is 1220. The Kier molecular flexibility index (Phi) is 11.7. The molecule has 0 amide bonds. The maximum absolute atomic E-state index is 12.8. The lowest BCUT2D eigenvalue weighted by Crippen LogP contribution is -2.69. The molecule has 3 rings (SSSR count). The second kappa shape index (κ2) is 13.6. The lowest BCUT2D eigenvalue weighted by Gasteiger charge is -2.54. The summed E-state index contributed by atoms with van der Waals surface area (Å²) in [5, 5.41) is 13.5. The van der Waals surface area contributed by atoms with E-state index in [1.54, 1.807) is 0 Å². The molecule has 0 saturated carbocycles. The standard InChI is InChI=1S/C32H55ClO6Si4/c1-23-14-16-24(17-15-23)20-25-21-26(18-19-27(25)33)32(34)31(39-43(11,12)13)30(38-42(8,9)10)29(37-41(5,6)7)28(36-32)22-35-40(2,3)4/h14-19,21,28-31,34H,20,22H2,1-13H3/t28-,29+,30+,31-,32?/m1/s1. The third-order valence-electron chi connectivity index (χ3n) is 6.82. The quantitative estimate of drug-likeness (QED) is 0.227. The molecule has 1 heterocycles. The lowest BCUT2D eigenvalue weighted by molar-refractivity contribution is -0.348. The van der Waals surface area contributed by atoms with Crippen LogP contribution in [0.3, 0.4) is 0 Å². The van der Waals surface area contributed by atoms with Crippen LogP contribution in [0.25, 0.3) is 0 Å². The number of rotatable bonds is 12. The van der Waals surface area contributed by atoms with Crippen LogP contribution < -0.4 is 0 Å². The van der Waals surface area contributed by atoms with Crippen LogP contribution in [-0.4, -0.2) is 69.4 Å². The highest BCUT2D eigenvalue weighted by atomic mass is 35.5. The molecular weight excluding hydrogens is 628 g/mol. The van der Waals surface area contributed by atoms with Crippen LogP contribution in [-0.2, 0) is 34.6 Å². The van der Waals surface area contributed by atoms with E-state index >= 15 is 0 Å². The van der Waals surface area contributed by atoms with Gasteiger partial charge >= 0.3 is 0 Å². The van der Waals surface area contributed by atoms with Crippen molar-refractivity contribution < 1.29 is 27.5 Å². The Balaban J connectivity index is 2.21. The zero-order chi connectivity index (χ0) is 32.6. The van der Waals surface area contributed by atoms with E-state index in [0.717, 1.165) is 11.1 Å². The van der Waals surface area contributed by atoms with Gasteiger partial charge in [-0.2, -0.15) is 0 Å². The van der Waals surface area contributed by atoms with E-state index in [1.807, 2.05) is 18.2 Å². The van der Waals surface area contributed by atoms with Crippen molar-refractivity contribution in [2.75, 3.05) is 6.61 Å². The predicted octanol–water partition coefficient (Wildman–Crippen LogP) is 8.29. The molecule has 0 radical (unpaired) electrons. The van der Waals surface area contributed by atoms with E-state index in [0.29, 0.717) is 23.6 Å². The summed E-state index contributed by atoms with van der Waals surface area (Å²) < 4.78 is 34.0. The van der Waals surface area contributed by atoms with E-state index in [9.17, 15) is 5.11 Å². The van der Waals surface area contributed by atoms with Crippen molar-refractivity contribution in [3.05, 3.63) is 69.7 Å². The van der Waals surface area contributed by atoms with Crippen LogP contribution in [0.4, 0.5) is 0 Å². The number of aryl methyl sites for hydroxylation is 1. The van der Waals surface area contributed by atoms with Crippen molar-refractivity contribution in [3.63, 3.8) is 0 Å². The van der Waals surface area contributed by atoms with Crippen LogP contribution in [0.5, 0.6) is 0 Å². The molecule has 43 heavy (non-hydrogen) atoms. The van der Waals surface area contributed by atoms with E-state index in [4.69, 9.17) is 34.0 Å². The molecule has 1 fully saturated rings. The van der Waals surface area contributed by atoms with E-state index in [-0.39, 0.29) is 0 Å². The fourth-order valence-corrected chi connectivity index (χ4v) is 9.22. The molecule has 0 aliphatic carbocycles. The molecular formula is C32H55ClO6Si4. The second-order valence-corrected chi connectivity index (χ2v) is 34.1. The molecule has 0 spiro atoms. The van der Waals surface area contributed by atoms with Crippen molar-refractivity contribution in [2.45, 2.75) is 122 Å². The minimum atomic E-state index is -2.23. The molecule has 0 aromatic heterocycles. The van der Waals surface area contributed by atoms with Gasteiger partial charge in [0.1, 0.15) is 24.4 Å². The molecule has 242 valence electrons. The summed E-state index contributed by atoms with van der Waals surface area (Å²) in [6.07, 6.45) is -1.78. The molecule has 6 nitrogen and oxygen atoms in total. The fourth-order valence-electron chi connectivity index (χ4n) is 5.14. The molecule has 11 heteroatoms. The summed E-state index contributed by atoms with van der Waals surface area (Å²) in [4.78, 5) is 0. The molecule has 5 atom stereocenters. The minimum absolute atomic E-state index is 0.294. The third kappa shape index (κ3) is 11.0. The molecule has 2 aromatic carbocycles. The number of aliphatic hydroxyl groups is 1. The normalized spacial score (nSPS) is 25.7. The van der Waals surface area contributed by atoms with Crippen LogP contribution in [0.1, 0.15) is 22.3 Å². The SMILES string of the molecule is Cc1ccc(Cc2cc(C3(O)O[C@H](CO[Si](C)(C)C)[C@H](O[Si](C)(C)C)[C@H](O[Si](C)(C)C)[C@H]3O[Si](C)(C)C)ccc2Cl)cc1. The first-order valence-corrected chi connectivity index (χ1v) is 29.4. The van der Waals surface area contributed by atoms with Crippen molar-refractivity contribution in [1.29, 1.82) is 0 Å². The topological polar surface area (TPSA) is 66.4 Å². The van der Waals surface area contributed by atoms with Gasteiger partial charge in [0.25, 0.3) is 0 Å². The molecule has 0 bridgehead atoms. The van der Waals surface area contributed by atoms with Crippen molar-refractivity contribution >= 4 is 44.9 Å². The number of hydrogen-bond acceptors (Lipinski definition) is 6. The molecule has 1 saturated heterocycles. The highest BCUT2D eigenvalue weighted by Crippen LogP contribution is 2.44. The van der Waals surface area contributed by atoms with Crippen molar-refractivity contribution in [3.8, 4) is 0 Å². The van der Waals surface area contributed by atoms with Crippen LogP contribution >= 0.6 is 11.6 Å². The average Bonchev–Trinajstić information content (AvgIpc) is 2.82. The van der Waals surface area contributed by atoms with Crippen molar-refractivity contribution in [2.24, 2.45) is 0 Å². The summed E-state index contributed by atoms with van der Waals surface area (Å²) in [7, 11) is -8.40. The van der Waals surface area contributed by atoms with Gasteiger partial charge in [-0.15, -0.1) is 0 Å². The first-order valence-electron chi connectivity index (χ1n) is 15.4. The van der Waals surface area contributed by atoms with Gasteiger partial charge < -0.3 is 27.5 Å². The predicted molar refractivity (Wildman–Crippen MR) is 188 cm³/mol. The summed E-state index contributed by atoms with van der Waals surface area (Å²) in [6, 6.07) is 14.1. The molecule has 1 aliphatic rings. The largest absolute Gasteiger partial charge is 0.415 e. The highest BCUT2D eigenvalue weighted by molar-refractivity contribution is 6.71.